The van der Waals surface area contributed by atoms with Gasteiger partial charge in [-0.15, -0.1) is 0 Å². The fourth-order valence-corrected chi connectivity index (χ4v) is 8.40. The normalized spacial score (nSPS) is 14.6. The van der Waals surface area contributed by atoms with Gasteiger partial charge >= 0.3 is 0 Å². The zero-order valence-corrected chi connectivity index (χ0v) is 30.4. The molecule has 3 nitrogen and oxygen atoms in total. The molecule has 0 fully saturated rings. The van der Waals surface area contributed by atoms with Gasteiger partial charge in [-0.25, -0.2) is 9.97 Å². The van der Waals surface area contributed by atoms with Crippen LogP contribution in [-0.4, -0.2) is 9.97 Å². The molecule has 50 heavy (non-hydrogen) atoms. The van der Waals surface area contributed by atoms with E-state index in [1.807, 2.05) is 0 Å². The van der Waals surface area contributed by atoms with E-state index in [1.165, 1.54) is 51.9 Å². The minimum atomic E-state index is 0.0713. The minimum absolute atomic E-state index is 0.0713. The summed E-state index contributed by atoms with van der Waals surface area (Å²) in [6.45, 7) is 11.7. The van der Waals surface area contributed by atoms with Crippen molar-refractivity contribution in [3.8, 4) is 56.3 Å². The van der Waals surface area contributed by atoms with Gasteiger partial charge in [0.05, 0.1) is 17.0 Å². The van der Waals surface area contributed by atoms with Gasteiger partial charge in [-0.05, 0) is 77.4 Å². The van der Waals surface area contributed by atoms with Gasteiger partial charge in [-0.2, -0.15) is 4.57 Å². The summed E-state index contributed by atoms with van der Waals surface area (Å²) >= 11 is 0. The Balaban J connectivity index is 1.37. The van der Waals surface area contributed by atoms with Crippen LogP contribution in [0.1, 0.15) is 89.3 Å². The number of hydrogen-bond acceptors (Lipinski definition) is 2. The van der Waals surface area contributed by atoms with Crippen molar-refractivity contribution in [2.45, 2.75) is 91.0 Å². The van der Waals surface area contributed by atoms with Crippen LogP contribution in [0.15, 0.2) is 121 Å². The quantitative estimate of drug-likeness (QED) is 0.130. The molecule has 2 aromatic heterocycles. The fraction of sp³-hybridized carbons (Fsp3) is 0.298. The average molecular weight is 657 g/mol. The number of benzene rings is 4. The van der Waals surface area contributed by atoms with E-state index in [0.29, 0.717) is 5.92 Å². The van der Waals surface area contributed by atoms with Crippen molar-refractivity contribution in [2.24, 2.45) is 0 Å². The molecular formula is C47H50N3+. The van der Waals surface area contributed by atoms with Crippen LogP contribution in [0.25, 0.3) is 56.3 Å². The van der Waals surface area contributed by atoms with Crippen LogP contribution in [0.3, 0.4) is 0 Å². The molecule has 1 atom stereocenters. The summed E-state index contributed by atoms with van der Waals surface area (Å²) in [6, 6.07) is 42.0. The molecule has 0 N–H and O–H groups in total. The van der Waals surface area contributed by atoms with Gasteiger partial charge in [0.1, 0.15) is 0 Å². The highest BCUT2D eigenvalue weighted by Gasteiger charge is 2.49. The highest BCUT2D eigenvalue weighted by atomic mass is 15.1. The van der Waals surface area contributed by atoms with E-state index >= 15 is 0 Å². The largest absolute Gasteiger partial charge is 0.228 e. The summed E-state index contributed by atoms with van der Waals surface area (Å²) < 4.78 is 2.58. The maximum Gasteiger partial charge on any atom is 0.213 e. The first kappa shape index (κ1) is 33.6. The molecule has 0 bridgehead atoms. The van der Waals surface area contributed by atoms with E-state index in [9.17, 15) is 0 Å². The molecule has 0 radical (unpaired) electrons. The Bertz CT molecular complexity index is 2110. The smallest absolute Gasteiger partial charge is 0.213 e. The lowest BCUT2D eigenvalue weighted by Gasteiger charge is -2.39. The lowest BCUT2D eigenvalue weighted by molar-refractivity contribution is -0.762. The van der Waals surface area contributed by atoms with Crippen molar-refractivity contribution in [3.05, 3.63) is 138 Å². The Morgan fingerprint density at radius 1 is 0.600 bits per heavy atom. The zero-order chi connectivity index (χ0) is 34.7. The molecule has 0 saturated carbocycles. The third-order valence-corrected chi connectivity index (χ3v) is 11.2. The number of fused-ring (bicyclic) bond motifs is 3. The SMILES string of the molecule is CCCCc1cccc(-c2cc(-c3ccccc3)nc(-c3cccc(-c4cc(CCC)c5c(c4)-c4cccc[n+]4C(CC)(CC)C5C)c3)n2)c1. The molecule has 4 aromatic carbocycles. The number of unbranched alkanes of at least 4 members (excludes halogenated alkanes) is 1. The summed E-state index contributed by atoms with van der Waals surface area (Å²) in [5.74, 6) is 1.17. The third kappa shape index (κ3) is 6.19. The highest BCUT2D eigenvalue weighted by molar-refractivity contribution is 5.79. The number of hydrogen-bond donors (Lipinski definition) is 0. The summed E-state index contributed by atoms with van der Waals surface area (Å²) in [6.07, 6.45) is 10.2. The minimum Gasteiger partial charge on any atom is -0.228 e. The Morgan fingerprint density at radius 2 is 1.30 bits per heavy atom. The van der Waals surface area contributed by atoms with Gasteiger partial charge in [0, 0.05) is 47.6 Å². The summed E-state index contributed by atoms with van der Waals surface area (Å²) in [7, 11) is 0. The third-order valence-electron chi connectivity index (χ3n) is 11.2. The van der Waals surface area contributed by atoms with Crippen molar-refractivity contribution in [3.63, 3.8) is 0 Å². The molecule has 7 rings (SSSR count). The number of nitrogens with zero attached hydrogens (tertiary/aromatic N) is 3. The second kappa shape index (κ2) is 14.5. The van der Waals surface area contributed by atoms with Crippen LogP contribution >= 0.6 is 0 Å². The van der Waals surface area contributed by atoms with Crippen molar-refractivity contribution in [1.82, 2.24) is 9.97 Å². The van der Waals surface area contributed by atoms with Gasteiger partial charge in [0.25, 0.3) is 0 Å². The van der Waals surface area contributed by atoms with Crippen molar-refractivity contribution in [1.29, 1.82) is 0 Å². The summed E-state index contributed by atoms with van der Waals surface area (Å²) in [5, 5.41) is 0. The first-order valence-corrected chi connectivity index (χ1v) is 18.8. The van der Waals surface area contributed by atoms with E-state index < -0.39 is 0 Å². The van der Waals surface area contributed by atoms with Crippen molar-refractivity contribution in [2.75, 3.05) is 0 Å². The predicted octanol–water partition coefficient (Wildman–Crippen LogP) is 12.0. The second-order valence-corrected chi connectivity index (χ2v) is 14.0. The number of aromatic nitrogens is 3. The van der Waals surface area contributed by atoms with Crippen LogP contribution in [0.2, 0.25) is 0 Å². The standard InChI is InChI=1S/C47H50N3/c1-6-10-19-34-20-16-24-37(28-34)43-32-42(35-21-12-11-13-22-35)48-46(49-43)39-25-17-23-36(29-39)40-30-38(18-7-2)45-33(5)47(8-3,9-4)50-27-15-14-26-44(50)41(45)31-40/h11-17,20-33H,6-10,18-19H2,1-5H3/q+1. The van der Waals surface area contributed by atoms with E-state index in [1.54, 1.807) is 0 Å². The molecule has 0 aliphatic carbocycles. The van der Waals surface area contributed by atoms with Crippen LogP contribution in [0.5, 0.6) is 0 Å². The molecular weight excluding hydrogens is 607 g/mol. The fourth-order valence-electron chi connectivity index (χ4n) is 8.40. The Kier molecular flexibility index (Phi) is 9.76. The molecule has 6 aromatic rings. The van der Waals surface area contributed by atoms with Crippen LogP contribution in [-0.2, 0) is 18.4 Å². The number of rotatable bonds is 11. The zero-order valence-electron chi connectivity index (χ0n) is 30.4. The molecule has 0 saturated heterocycles. The van der Waals surface area contributed by atoms with Crippen LogP contribution in [0, 0.1) is 0 Å². The Morgan fingerprint density at radius 3 is 2.06 bits per heavy atom. The van der Waals surface area contributed by atoms with Gasteiger partial charge in [0.2, 0.25) is 5.69 Å². The van der Waals surface area contributed by atoms with E-state index in [4.69, 9.17) is 9.97 Å². The molecule has 3 heterocycles. The second-order valence-electron chi connectivity index (χ2n) is 14.0. The van der Waals surface area contributed by atoms with Crippen molar-refractivity contribution < 1.29 is 4.57 Å². The molecule has 1 unspecified atom stereocenters. The number of aryl methyl sites for hydroxylation is 2. The van der Waals surface area contributed by atoms with E-state index in [2.05, 4.69) is 161 Å². The monoisotopic (exact) mass is 656 g/mol. The Labute approximate surface area is 299 Å². The van der Waals surface area contributed by atoms with E-state index in [0.717, 1.165) is 66.0 Å². The first-order chi connectivity index (χ1) is 24.5. The molecule has 0 spiro atoms. The molecule has 0 amide bonds. The molecule has 1 aliphatic heterocycles. The topological polar surface area (TPSA) is 29.7 Å². The lowest BCUT2D eigenvalue weighted by Crippen LogP contribution is -2.61. The highest BCUT2D eigenvalue weighted by Crippen LogP contribution is 2.48. The first-order valence-electron chi connectivity index (χ1n) is 18.8. The maximum atomic E-state index is 5.23. The van der Waals surface area contributed by atoms with Crippen molar-refractivity contribution >= 4 is 0 Å². The van der Waals surface area contributed by atoms with Crippen LogP contribution < -0.4 is 4.57 Å². The molecule has 1 aliphatic rings. The summed E-state index contributed by atoms with van der Waals surface area (Å²) in [5.41, 5.74) is 14.7. The van der Waals surface area contributed by atoms with Gasteiger partial charge in [-0.3, -0.25) is 0 Å². The maximum absolute atomic E-state index is 5.23. The van der Waals surface area contributed by atoms with Gasteiger partial charge < -0.3 is 0 Å². The lowest BCUT2D eigenvalue weighted by atomic mass is 9.69. The molecule has 252 valence electrons. The summed E-state index contributed by atoms with van der Waals surface area (Å²) in [4.78, 5) is 10.4. The van der Waals surface area contributed by atoms with E-state index in [-0.39, 0.29) is 5.54 Å². The van der Waals surface area contributed by atoms with Crippen LogP contribution in [0.4, 0.5) is 0 Å². The Hall–Kier alpha value is -4.89. The average Bonchev–Trinajstić information content (AvgIpc) is 3.18. The number of pyridine rings is 1. The van der Waals surface area contributed by atoms with Gasteiger partial charge in [0.15, 0.2) is 17.6 Å². The van der Waals surface area contributed by atoms with Gasteiger partial charge in [-0.1, -0.05) is 120 Å². The predicted molar refractivity (Wildman–Crippen MR) is 209 cm³/mol. The molecule has 3 heteroatoms.